The predicted octanol–water partition coefficient (Wildman–Crippen LogP) is 2.62. The van der Waals surface area contributed by atoms with Crippen molar-refractivity contribution in [2.75, 3.05) is 50.7 Å². The highest BCUT2D eigenvalue weighted by Gasteiger charge is 2.57. The van der Waals surface area contributed by atoms with E-state index in [2.05, 4.69) is 28.9 Å². The Morgan fingerprint density at radius 2 is 1.89 bits per heavy atom. The van der Waals surface area contributed by atoms with E-state index < -0.39 is 0 Å². The lowest BCUT2D eigenvalue weighted by Crippen LogP contribution is -2.51. The minimum atomic E-state index is -0.208. The summed E-state index contributed by atoms with van der Waals surface area (Å²) >= 11 is 0. The van der Waals surface area contributed by atoms with Crippen molar-refractivity contribution >= 4 is 11.6 Å². The first-order valence-electron chi connectivity index (χ1n) is 10.2. The summed E-state index contributed by atoms with van der Waals surface area (Å²) in [6.07, 6.45) is 6.16. The monoisotopic (exact) mass is 369 g/mol. The molecule has 0 aromatic heterocycles. The molecule has 2 bridgehead atoms. The zero-order valence-corrected chi connectivity index (χ0v) is 16.0. The Hall–Kier alpha value is -1.88. The van der Waals surface area contributed by atoms with Gasteiger partial charge >= 0.3 is 0 Å². The van der Waals surface area contributed by atoms with Crippen LogP contribution in [0.1, 0.15) is 13.3 Å². The molecule has 4 aliphatic rings. The summed E-state index contributed by atoms with van der Waals surface area (Å²) in [5.41, 5.74) is 1.41. The van der Waals surface area contributed by atoms with E-state index in [4.69, 9.17) is 0 Å². The number of hydrogen-bond acceptors (Lipinski definition) is 3. The highest BCUT2D eigenvalue weighted by atomic mass is 19.1. The number of piperazine rings is 1. The maximum atomic E-state index is 13.1. The fourth-order valence-electron chi connectivity index (χ4n) is 5.96. The summed E-state index contributed by atoms with van der Waals surface area (Å²) in [4.78, 5) is 19.5. The van der Waals surface area contributed by atoms with Gasteiger partial charge in [-0.25, -0.2) is 4.39 Å². The molecule has 27 heavy (non-hydrogen) atoms. The standard InChI is InChI=1S/C22H28FN3O/c1-22-15-24(13-20(22)16-2-3-17(22)12-16)14-21(27)26-10-8-25(9-11-26)19-6-4-18(23)5-7-19/h2-7,16-17,20H,8-15H2,1H3/t16-,17+,20-,22+/m0/s1. The molecule has 2 aliphatic heterocycles. The molecule has 0 unspecified atom stereocenters. The van der Waals surface area contributed by atoms with E-state index in [1.807, 2.05) is 17.0 Å². The fourth-order valence-corrected chi connectivity index (χ4v) is 5.96. The number of carbonyl (C=O) groups is 1. The molecule has 1 aromatic carbocycles. The van der Waals surface area contributed by atoms with Gasteiger partial charge in [-0.2, -0.15) is 0 Å². The molecule has 144 valence electrons. The minimum absolute atomic E-state index is 0.208. The van der Waals surface area contributed by atoms with E-state index in [9.17, 15) is 9.18 Å². The van der Waals surface area contributed by atoms with Crippen LogP contribution in [0.5, 0.6) is 0 Å². The van der Waals surface area contributed by atoms with Gasteiger partial charge in [0.25, 0.3) is 0 Å². The quantitative estimate of drug-likeness (QED) is 0.767. The molecular formula is C22H28FN3O. The average molecular weight is 369 g/mol. The smallest absolute Gasteiger partial charge is 0.236 e. The topological polar surface area (TPSA) is 26.8 Å². The van der Waals surface area contributed by atoms with Crippen LogP contribution in [0.4, 0.5) is 10.1 Å². The Kier molecular flexibility index (Phi) is 4.04. The van der Waals surface area contributed by atoms with Crippen molar-refractivity contribution in [2.45, 2.75) is 13.3 Å². The molecule has 4 nitrogen and oxygen atoms in total. The van der Waals surface area contributed by atoms with Gasteiger partial charge in [-0.05, 0) is 53.9 Å². The lowest BCUT2D eigenvalue weighted by Gasteiger charge is -2.37. The number of hydrogen-bond donors (Lipinski definition) is 0. The Morgan fingerprint density at radius 1 is 1.15 bits per heavy atom. The van der Waals surface area contributed by atoms with Crippen molar-refractivity contribution in [3.8, 4) is 0 Å². The maximum Gasteiger partial charge on any atom is 0.236 e. The SMILES string of the molecule is C[C@]12CN(CC(=O)N3CCN(c4ccc(F)cc4)CC3)C[C@H]1[C@H]1C=C[C@@H]2C1. The van der Waals surface area contributed by atoms with Gasteiger partial charge in [0.2, 0.25) is 5.91 Å². The summed E-state index contributed by atoms with van der Waals surface area (Å²) in [5.74, 6) is 2.24. The summed E-state index contributed by atoms with van der Waals surface area (Å²) < 4.78 is 13.1. The molecule has 5 rings (SSSR count). The van der Waals surface area contributed by atoms with Crippen molar-refractivity contribution in [3.05, 3.63) is 42.2 Å². The van der Waals surface area contributed by atoms with Crippen LogP contribution in [0.3, 0.4) is 0 Å². The van der Waals surface area contributed by atoms with Gasteiger partial charge in [0, 0.05) is 45.0 Å². The van der Waals surface area contributed by atoms with Crippen molar-refractivity contribution in [3.63, 3.8) is 0 Å². The molecule has 2 aliphatic carbocycles. The first-order chi connectivity index (χ1) is 13.0. The summed E-state index contributed by atoms with van der Waals surface area (Å²) in [6.45, 7) is 8.24. The molecule has 2 saturated heterocycles. The van der Waals surface area contributed by atoms with Crippen molar-refractivity contribution in [1.29, 1.82) is 0 Å². The third kappa shape index (κ3) is 2.87. The number of carbonyl (C=O) groups excluding carboxylic acids is 1. The predicted molar refractivity (Wildman–Crippen MR) is 104 cm³/mol. The highest BCUT2D eigenvalue weighted by molar-refractivity contribution is 5.78. The lowest BCUT2D eigenvalue weighted by molar-refractivity contribution is -0.132. The van der Waals surface area contributed by atoms with Gasteiger partial charge in [-0.1, -0.05) is 19.1 Å². The number of rotatable bonds is 3. The van der Waals surface area contributed by atoms with Crippen LogP contribution in [0.2, 0.25) is 0 Å². The highest BCUT2D eigenvalue weighted by Crippen LogP contribution is 2.59. The van der Waals surface area contributed by atoms with E-state index >= 15 is 0 Å². The van der Waals surface area contributed by atoms with Crippen molar-refractivity contribution in [2.24, 2.45) is 23.2 Å². The van der Waals surface area contributed by atoms with Gasteiger partial charge < -0.3 is 9.80 Å². The molecule has 1 aromatic rings. The number of benzene rings is 1. The Balaban J connectivity index is 1.15. The molecule has 0 N–H and O–H groups in total. The van der Waals surface area contributed by atoms with Gasteiger partial charge in [0.15, 0.2) is 0 Å². The van der Waals surface area contributed by atoms with Gasteiger partial charge in [-0.15, -0.1) is 0 Å². The maximum absolute atomic E-state index is 13.1. The van der Waals surface area contributed by atoms with Gasteiger partial charge in [0.1, 0.15) is 5.82 Å². The van der Waals surface area contributed by atoms with Crippen molar-refractivity contribution in [1.82, 2.24) is 9.80 Å². The number of halogens is 1. The normalized spacial score (nSPS) is 35.1. The first kappa shape index (κ1) is 17.2. The van der Waals surface area contributed by atoms with E-state index in [1.54, 1.807) is 0 Å². The van der Waals surface area contributed by atoms with Crippen LogP contribution >= 0.6 is 0 Å². The molecule has 0 spiro atoms. The third-order valence-corrected chi connectivity index (χ3v) is 7.53. The van der Waals surface area contributed by atoms with Gasteiger partial charge in [-0.3, -0.25) is 9.69 Å². The van der Waals surface area contributed by atoms with Crippen LogP contribution in [0.15, 0.2) is 36.4 Å². The number of nitrogens with zero attached hydrogens (tertiary/aromatic N) is 3. The third-order valence-electron chi connectivity index (χ3n) is 7.53. The van der Waals surface area contributed by atoms with E-state index in [-0.39, 0.29) is 11.7 Å². The number of amides is 1. The first-order valence-corrected chi connectivity index (χ1v) is 10.2. The number of allylic oxidation sites excluding steroid dienone is 2. The van der Waals surface area contributed by atoms with Crippen LogP contribution in [0.25, 0.3) is 0 Å². The number of fused-ring (bicyclic) bond motifs is 5. The molecule has 5 heteroatoms. The Morgan fingerprint density at radius 3 is 2.59 bits per heavy atom. The van der Waals surface area contributed by atoms with Crippen LogP contribution < -0.4 is 4.90 Å². The second kappa shape index (κ2) is 6.33. The van der Waals surface area contributed by atoms with Gasteiger partial charge in [0.05, 0.1) is 6.54 Å². The fraction of sp³-hybridized carbons (Fsp3) is 0.591. The van der Waals surface area contributed by atoms with Crippen molar-refractivity contribution < 1.29 is 9.18 Å². The van der Waals surface area contributed by atoms with E-state index in [0.717, 1.165) is 56.8 Å². The summed E-state index contributed by atoms with van der Waals surface area (Å²) in [6, 6.07) is 6.64. The summed E-state index contributed by atoms with van der Waals surface area (Å²) in [7, 11) is 0. The number of anilines is 1. The molecule has 4 atom stereocenters. The second-order valence-electron chi connectivity index (χ2n) is 9.02. The van der Waals surface area contributed by atoms with Crippen LogP contribution in [0, 0.1) is 29.0 Å². The van der Waals surface area contributed by atoms with E-state index in [0.29, 0.717) is 17.9 Å². The minimum Gasteiger partial charge on any atom is -0.368 e. The largest absolute Gasteiger partial charge is 0.368 e. The molecule has 2 heterocycles. The molecule has 3 fully saturated rings. The number of likely N-dealkylation sites (tertiary alicyclic amines) is 1. The molecule has 1 saturated carbocycles. The molecule has 1 amide bonds. The summed E-state index contributed by atoms with van der Waals surface area (Å²) in [5, 5.41) is 0. The second-order valence-corrected chi connectivity index (χ2v) is 9.02. The average Bonchev–Trinajstić information content (AvgIpc) is 3.34. The zero-order valence-electron chi connectivity index (χ0n) is 16.0. The van der Waals surface area contributed by atoms with E-state index in [1.165, 1.54) is 18.6 Å². The van der Waals surface area contributed by atoms with Crippen LogP contribution in [-0.2, 0) is 4.79 Å². The molecular weight excluding hydrogens is 341 g/mol. The lowest BCUT2D eigenvalue weighted by atomic mass is 9.72. The zero-order chi connectivity index (χ0) is 18.6. The van der Waals surface area contributed by atoms with Crippen LogP contribution in [-0.4, -0.2) is 61.5 Å². The Bertz CT molecular complexity index is 755. The Labute approximate surface area is 160 Å². The molecule has 0 radical (unpaired) electrons.